The van der Waals surface area contributed by atoms with Crippen molar-refractivity contribution in [1.82, 2.24) is 5.32 Å². The Bertz CT molecular complexity index is 792. The van der Waals surface area contributed by atoms with Gasteiger partial charge in [-0.2, -0.15) is 0 Å². The third-order valence-corrected chi connectivity index (χ3v) is 5.00. The van der Waals surface area contributed by atoms with Crippen molar-refractivity contribution in [1.29, 1.82) is 0 Å². The predicted molar refractivity (Wildman–Crippen MR) is 116 cm³/mol. The molecule has 2 aromatic carbocycles. The Morgan fingerprint density at radius 2 is 1.79 bits per heavy atom. The van der Waals surface area contributed by atoms with Crippen LogP contribution < -0.4 is 10.6 Å². The molecular weight excluding hydrogens is 415 g/mol. The fourth-order valence-corrected chi connectivity index (χ4v) is 3.49. The van der Waals surface area contributed by atoms with Crippen molar-refractivity contribution in [2.45, 2.75) is 32.4 Å². The van der Waals surface area contributed by atoms with Crippen molar-refractivity contribution in [3.05, 3.63) is 57.6 Å². The predicted octanol–water partition coefficient (Wildman–Crippen LogP) is 3.93. The number of phenols is 1. The molecule has 6 nitrogen and oxygen atoms in total. The molecule has 0 fully saturated rings. The highest BCUT2D eigenvalue weighted by molar-refractivity contribution is 6.39. The van der Waals surface area contributed by atoms with Crippen molar-refractivity contribution in [3.63, 3.8) is 0 Å². The molecule has 8 heteroatoms. The van der Waals surface area contributed by atoms with Crippen LogP contribution in [0.3, 0.4) is 0 Å². The molecule has 29 heavy (non-hydrogen) atoms. The molecule has 0 bridgehead atoms. The van der Waals surface area contributed by atoms with Crippen LogP contribution in [0.15, 0.2) is 36.4 Å². The molecule has 2 atom stereocenters. The zero-order valence-electron chi connectivity index (χ0n) is 16.4. The summed E-state index contributed by atoms with van der Waals surface area (Å²) in [5, 5.41) is 26.8. The number of benzene rings is 2. The fourth-order valence-electron chi connectivity index (χ4n) is 2.83. The minimum absolute atomic E-state index is 0.0130. The van der Waals surface area contributed by atoms with E-state index in [4.69, 9.17) is 27.9 Å². The molecule has 0 aromatic heterocycles. The molecule has 0 aliphatic heterocycles. The summed E-state index contributed by atoms with van der Waals surface area (Å²) in [7, 11) is 0. The Hall–Kier alpha value is -1.99. The van der Waals surface area contributed by atoms with Crippen LogP contribution in [0.25, 0.3) is 0 Å². The van der Waals surface area contributed by atoms with Gasteiger partial charge in [0.15, 0.2) is 0 Å². The second kappa shape index (κ2) is 11.3. The van der Waals surface area contributed by atoms with Gasteiger partial charge in [0.1, 0.15) is 12.3 Å². The zero-order chi connectivity index (χ0) is 21.4. The summed E-state index contributed by atoms with van der Waals surface area (Å²) < 4.78 is 4.87. The van der Waals surface area contributed by atoms with E-state index in [1.165, 1.54) is 0 Å². The van der Waals surface area contributed by atoms with Crippen molar-refractivity contribution in [2.24, 2.45) is 0 Å². The Labute approximate surface area is 180 Å². The van der Waals surface area contributed by atoms with Crippen LogP contribution in [0.5, 0.6) is 5.75 Å². The van der Waals surface area contributed by atoms with E-state index in [-0.39, 0.29) is 24.3 Å². The SMILES string of the molecule is CCOC(=O)CNc1c(Cl)cc(CCNC(C)C(O)c2ccc(O)cc2)cc1Cl. The number of esters is 1. The normalized spacial score (nSPS) is 13.0. The number of hydrogen-bond donors (Lipinski definition) is 4. The molecule has 0 saturated heterocycles. The van der Waals surface area contributed by atoms with E-state index in [2.05, 4.69) is 10.6 Å². The number of hydrogen-bond acceptors (Lipinski definition) is 6. The molecule has 0 heterocycles. The summed E-state index contributed by atoms with van der Waals surface area (Å²) in [6.07, 6.45) is -0.0400. The minimum Gasteiger partial charge on any atom is -0.508 e. The number of carbonyl (C=O) groups is 1. The average Bonchev–Trinajstić information content (AvgIpc) is 2.67. The van der Waals surface area contributed by atoms with Gasteiger partial charge in [0, 0.05) is 6.04 Å². The summed E-state index contributed by atoms with van der Waals surface area (Å²) >= 11 is 12.6. The van der Waals surface area contributed by atoms with Crippen molar-refractivity contribution < 1.29 is 19.7 Å². The maximum absolute atomic E-state index is 11.5. The first kappa shape index (κ1) is 23.3. The van der Waals surface area contributed by atoms with E-state index in [1.54, 1.807) is 43.3 Å². The van der Waals surface area contributed by atoms with Crippen LogP contribution in [-0.4, -0.2) is 41.9 Å². The first-order valence-electron chi connectivity index (χ1n) is 9.39. The van der Waals surface area contributed by atoms with Gasteiger partial charge in [0.2, 0.25) is 0 Å². The van der Waals surface area contributed by atoms with E-state index < -0.39 is 6.10 Å². The maximum atomic E-state index is 11.5. The number of ether oxygens (including phenoxy) is 1. The van der Waals surface area contributed by atoms with Gasteiger partial charge in [-0.25, -0.2) is 0 Å². The summed E-state index contributed by atoms with van der Waals surface area (Å²) in [5.74, 6) is -0.218. The Morgan fingerprint density at radius 1 is 1.17 bits per heavy atom. The van der Waals surface area contributed by atoms with Gasteiger partial charge in [0.05, 0.1) is 28.4 Å². The number of carbonyl (C=O) groups excluding carboxylic acids is 1. The molecule has 4 N–H and O–H groups in total. The highest BCUT2D eigenvalue weighted by Gasteiger charge is 2.16. The monoisotopic (exact) mass is 440 g/mol. The van der Waals surface area contributed by atoms with Crippen LogP contribution in [0.2, 0.25) is 10.0 Å². The molecule has 0 saturated carbocycles. The third kappa shape index (κ3) is 7.08. The first-order chi connectivity index (χ1) is 13.8. The van der Waals surface area contributed by atoms with Crippen molar-refractivity contribution in [2.75, 3.05) is 25.0 Å². The summed E-state index contributed by atoms with van der Waals surface area (Å²) in [6.45, 7) is 4.54. The maximum Gasteiger partial charge on any atom is 0.325 e. The Kier molecular flexibility index (Phi) is 9.04. The van der Waals surface area contributed by atoms with Gasteiger partial charge in [-0.05, 0) is 62.2 Å². The van der Waals surface area contributed by atoms with E-state index in [1.807, 2.05) is 6.92 Å². The highest BCUT2D eigenvalue weighted by Crippen LogP contribution is 2.32. The summed E-state index contributed by atoms with van der Waals surface area (Å²) in [4.78, 5) is 11.5. The zero-order valence-corrected chi connectivity index (χ0v) is 17.9. The number of anilines is 1. The number of aromatic hydroxyl groups is 1. The Balaban J connectivity index is 1.88. The lowest BCUT2D eigenvalue weighted by Crippen LogP contribution is -2.33. The molecule has 0 aliphatic rings. The van der Waals surface area contributed by atoms with Gasteiger partial charge < -0.3 is 25.6 Å². The largest absolute Gasteiger partial charge is 0.508 e. The van der Waals surface area contributed by atoms with E-state index in [0.29, 0.717) is 35.3 Å². The summed E-state index contributed by atoms with van der Waals surface area (Å²) in [6, 6.07) is 9.89. The van der Waals surface area contributed by atoms with Gasteiger partial charge in [-0.1, -0.05) is 35.3 Å². The minimum atomic E-state index is -0.697. The van der Waals surface area contributed by atoms with Crippen LogP contribution in [0, 0.1) is 0 Å². The fraction of sp³-hybridized carbons (Fsp3) is 0.381. The molecule has 2 unspecified atom stereocenters. The smallest absolute Gasteiger partial charge is 0.325 e. The average molecular weight is 441 g/mol. The molecule has 0 radical (unpaired) electrons. The molecule has 0 spiro atoms. The molecule has 2 rings (SSSR count). The van der Waals surface area contributed by atoms with E-state index >= 15 is 0 Å². The van der Waals surface area contributed by atoms with Crippen LogP contribution in [0.4, 0.5) is 5.69 Å². The summed E-state index contributed by atoms with van der Waals surface area (Å²) in [5.41, 5.74) is 2.15. The standard InChI is InChI=1S/C21H26Cl2N2O4/c1-3-29-19(27)12-25-20-17(22)10-14(11-18(20)23)8-9-24-13(2)21(28)15-4-6-16(26)7-5-15/h4-7,10-11,13,21,24-26,28H,3,8-9,12H2,1-2H3. The van der Waals surface area contributed by atoms with Crippen molar-refractivity contribution in [3.8, 4) is 5.75 Å². The van der Waals surface area contributed by atoms with Crippen LogP contribution >= 0.6 is 23.2 Å². The lowest BCUT2D eigenvalue weighted by Gasteiger charge is -2.21. The van der Waals surface area contributed by atoms with Gasteiger partial charge in [-0.3, -0.25) is 4.79 Å². The van der Waals surface area contributed by atoms with Crippen LogP contribution in [0.1, 0.15) is 31.1 Å². The highest BCUT2D eigenvalue weighted by atomic mass is 35.5. The number of rotatable bonds is 10. The lowest BCUT2D eigenvalue weighted by atomic mass is 10.0. The second-order valence-electron chi connectivity index (χ2n) is 6.62. The number of phenolic OH excluding ortho intramolecular Hbond substituents is 1. The van der Waals surface area contributed by atoms with Gasteiger partial charge >= 0.3 is 5.97 Å². The van der Waals surface area contributed by atoms with Gasteiger partial charge in [0.25, 0.3) is 0 Å². The van der Waals surface area contributed by atoms with E-state index in [9.17, 15) is 15.0 Å². The molecule has 2 aromatic rings. The van der Waals surface area contributed by atoms with Crippen LogP contribution in [-0.2, 0) is 16.0 Å². The molecule has 158 valence electrons. The molecule has 0 aliphatic carbocycles. The quantitative estimate of drug-likeness (QED) is 0.418. The molecule has 0 amide bonds. The number of aliphatic hydroxyl groups excluding tert-OH is 1. The molecular formula is C21H26Cl2N2O4. The number of aliphatic hydroxyl groups is 1. The van der Waals surface area contributed by atoms with Crippen molar-refractivity contribution >= 4 is 34.9 Å². The lowest BCUT2D eigenvalue weighted by molar-refractivity contribution is -0.140. The Morgan fingerprint density at radius 3 is 2.38 bits per heavy atom. The third-order valence-electron chi connectivity index (χ3n) is 4.40. The van der Waals surface area contributed by atoms with Gasteiger partial charge in [-0.15, -0.1) is 0 Å². The second-order valence-corrected chi connectivity index (χ2v) is 7.44. The number of nitrogens with one attached hydrogen (secondary N) is 2. The first-order valence-corrected chi connectivity index (χ1v) is 10.1. The number of halogens is 2. The topological polar surface area (TPSA) is 90.8 Å². The van der Waals surface area contributed by atoms with E-state index in [0.717, 1.165) is 11.1 Å².